The van der Waals surface area contributed by atoms with Crippen LogP contribution in [0.15, 0.2) is 21.5 Å². The van der Waals surface area contributed by atoms with E-state index in [1.54, 1.807) is 14.2 Å². The maximum absolute atomic E-state index is 5.35. The summed E-state index contributed by atoms with van der Waals surface area (Å²) in [5.74, 6) is 0.919. The topological polar surface area (TPSA) is 30.5 Å². The highest BCUT2D eigenvalue weighted by Gasteiger charge is 2.19. The van der Waals surface area contributed by atoms with Crippen LogP contribution in [0.5, 0.6) is 0 Å². The van der Waals surface area contributed by atoms with Crippen molar-refractivity contribution in [1.82, 2.24) is 5.48 Å². The number of hydrogen-bond acceptors (Lipinski definition) is 3. The zero-order valence-corrected chi connectivity index (χ0v) is 10.4. The lowest BCUT2D eigenvalue weighted by molar-refractivity contribution is 0.115. The van der Waals surface area contributed by atoms with Gasteiger partial charge in [-0.1, -0.05) is 15.9 Å². The van der Waals surface area contributed by atoms with E-state index in [0.29, 0.717) is 0 Å². The average molecular weight is 262 g/mol. The third kappa shape index (κ3) is 2.51. The molecular formula is C10H16BrNO2. The molecule has 0 spiro atoms. The molecule has 0 aromatic heterocycles. The summed E-state index contributed by atoms with van der Waals surface area (Å²) < 4.78 is 6.37. The summed E-state index contributed by atoms with van der Waals surface area (Å²) >= 11 is 3.44. The fourth-order valence-corrected chi connectivity index (χ4v) is 2.10. The molecule has 0 aromatic rings. The number of halogens is 1. The Morgan fingerprint density at radius 3 is 2.57 bits per heavy atom. The fourth-order valence-electron chi connectivity index (χ4n) is 1.70. The monoisotopic (exact) mass is 261 g/mol. The summed E-state index contributed by atoms with van der Waals surface area (Å²) in [6.45, 7) is 1.98. The third-order valence-electron chi connectivity index (χ3n) is 2.23. The smallest absolute Gasteiger partial charge is 0.133 e. The molecule has 1 aliphatic rings. The van der Waals surface area contributed by atoms with Gasteiger partial charge in [0.05, 0.1) is 14.2 Å². The van der Waals surface area contributed by atoms with Crippen molar-refractivity contribution in [1.29, 1.82) is 0 Å². The van der Waals surface area contributed by atoms with Crippen molar-refractivity contribution in [3.8, 4) is 0 Å². The Morgan fingerprint density at radius 1 is 1.36 bits per heavy atom. The molecule has 0 amide bonds. The van der Waals surface area contributed by atoms with Crippen LogP contribution in [0.4, 0.5) is 0 Å². The predicted molar refractivity (Wildman–Crippen MR) is 59.7 cm³/mol. The SMILES string of the molecule is CONC1=C(/C(OC)=C(\C)Br)CCC1. The molecular weight excluding hydrogens is 246 g/mol. The van der Waals surface area contributed by atoms with Crippen LogP contribution in [-0.4, -0.2) is 14.2 Å². The minimum absolute atomic E-state index is 0.919. The number of methoxy groups -OCH3 is 1. The molecule has 0 unspecified atom stereocenters. The summed E-state index contributed by atoms with van der Waals surface area (Å²) in [5.41, 5.74) is 5.25. The molecule has 80 valence electrons. The molecule has 0 saturated heterocycles. The Balaban J connectivity index is 2.93. The second-order valence-corrected chi connectivity index (χ2v) is 4.37. The highest BCUT2D eigenvalue weighted by molar-refractivity contribution is 9.11. The molecule has 1 rings (SSSR count). The summed E-state index contributed by atoms with van der Waals surface area (Å²) in [6, 6.07) is 0. The van der Waals surface area contributed by atoms with Crippen molar-refractivity contribution in [3.63, 3.8) is 0 Å². The lowest BCUT2D eigenvalue weighted by Crippen LogP contribution is -2.11. The normalized spacial score (nSPS) is 18.3. The number of ether oxygens (including phenoxy) is 1. The van der Waals surface area contributed by atoms with Gasteiger partial charge >= 0.3 is 0 Å². The maximum Gasteiger partial charge on any atom is 0.133 e. The van der Waals surface area contributed by atoms with Crippen LogP contribution in [0.2, 0.25) is 0 Å². The van der Waals surface area contributed by atoms with Crippen LogP contribution in [0.3, 0.4) is 0 Å². The van der Waals surface area contributed by atoms with Crippen LogP contribution in [0, 0.1) is 0 Å². The lowest BCUT2D eigenvalue weighted by Gasteiger charge is -2.12. The van der Waals surface area contributed by atoms with E-state index in [2.05, 4.69) is 21.4 Å². The zero-order valence-electron chi connectivity index (χ0n) is 8.82. The van der Waals surface area contributed by atoms with Crippen molar-refractivity contribution >= 4 is 15.9 Å². The molecule has 0 aromatic carbocycles. The van der Waals surface area contributed by atoms with Crippen LogP contribution < -0.4 is 5.48 Å². The number of hydrogen-bond donors (Lipinski definition) is 1. The summed E-state index contributed by atoms with van der Waals surface area (Å²) in [4.78, 5) is 4.93. The van der Waals surface area contributed by atoms with E-state index in [1.807, 2.05) is 6.92 Å². The molecule has 14 heavy (non-hydrogen) atoms. The Kier molecular flexibility index (Phi) is 4.48. The Hall–Kier alpha value is -0.480. The van der Waals surface area contributed by atoms with E-state index in [9.17, 15) is 0 Å². The largest absolute Gasteiger partial charge is 0.496 e. The molecule has 1 aliphatic carbocycles. The Bertz CT molecular complexity index is 267. The van der Waals surface area contributed by atoms with Crippen molar-refractivity contribution in [3.05, 3.63) is 21.5 Å². The molecule has 0 bridgehead atoms. The highest BCUT2D eigenvalue weighted by atomic mass is 79.9. The quantitative estimate of drug-likeness (QED) is 0.624. The fraction of sp³-hybridized carbons (Fsp3) is 0.600. The molecule has 0 aliphatic heterocycles. The Labute approximate surface area is 93.2 Å². The number of allylic oxidation sites excluding steroid dienone is 3. The van der Waals surface area contributed by atoms with Gasteiger partial charge in [0.15, 0.2) is 0 Å². The predicted octanol–water partition coefficient (Wildman–Crippen LogP) is 2.85. The molecule has 0 atom stereocenters. The number of rotatable bonds is 4. The van der Waals surface area contributed by atoms with Gasteiger partial charge in [-0.25, -0.2) is 0 Å². The van der Waals surface area contributed by atoms with Gasteiger partial charge in [0, 0.05) is 15.8 Å². The van der Waals surface area contributed by atoms with Crippen molar-refractivity contribution in [2.24, 2.45) is 0 Å². The first-order valence-electron chi connectivity index (χ1n) is 4.62. The van der Waals surface area contributed by atoms with E-state index in [-0.39, 0.29) is 0 Å². The van der Waals surface area contributed by atoms with Gasteiger partial charge in [0.25, 0.3) is 0 Å². The summed E-state index contributed by atoms with van der Waals surface area (Å²) in [5, 5.41) is 0. The summed E-state index contributed by atoms with van der Waals surface area (Å²) in [7, 11) is 3.32. The molecule has 1 N–H and O–H groups in total. The Morgan fingerprint density at radius 2 is 2.07 bits per heavy atom. The van der Waals surface area contributed by atoms with Gasteiger partial charge in [0.2, 0.25) is 0 Å². The number of nitrogens with one attached hydrogen (secondary N) is 1. The third-order valence-corrected chi connectivity index (χ3v) is 2.59. The lowest BCUT2D eigenvalue weighted by atomic mass is 10.2. The molecule has 3 nitrogen and oxygen atoms in total. The van der Waals surface area contributed by atoms with Crippen molar-refractivity contribution in [2.75, 3.05) is 14.2 Å². The first-order chi connectivity index (χ1) is 6.70. The molecule has 0 radical (unpaired) electrons. The van der Waals surface area contributed by atoms with Gasteiger partial charge < -0.3 is 4.74 Å². The second-order valence-electron chi connectivity index (χ2n) is 3.18. The van der Waals surface area contributed by atoms with E-state index >= 15 is 0 Å². The minimum atomic E-state index is 0.919. The van der Waals surface area contributed by atoms with Crippen molar-refractivity contribution in [2.45, 2.75) is 26.2 Å². The molecule has 0 fully saturated rings. The van der Waals surface area contributed by atoms with E-state index in [4.69, 9.17) is 9.57 Å². The average Bonchev–Trinajstić information content (AvgIpc) is 2.55. The van der Waals surface area contributed by atoms with Crippen LogP contribution in [0.25, 0.3) is 0 Å². The van der Waals surface area contributed by atoms with Crippen LogP contribution in [-0.2, 0) is 9.57 Å². The highest BCUT2D eigenvalue weighted by Crippen LogP contribution is 2.32. The van der Waals surface area contributed by atoms with Crippen molar-refractivity contribution < 1.29 is 9.57 Å². The maximum atomic E-state index is 5.35. The molecule has 4 heteroatoms. The van der Waals surface area contributed by atoms with E-state index in [0.717, 1.165) is 35.2 Å². The zero-order chi connectivity index (χ0) is 10.6. The van der Waals surface area contributed by atoms with E-state index < -0.39 is 0 Å². The van der Waals surface area contributed by atoms with Gasteiger partial charge in [-0.15, -0.1) is 0 Å². The van der Waals surface area contributed by atoms with Gasteiger partial charge in [-0.05, 0) is 26.2 Å². The molecule has 0 heterocycles. The van der Waals surface area contributed by atoms with Crippen LogP contribution in [0.1, 0.15) is 26.2 Å². The molecule has 0 saturated carbocycles. The minimum Gasteiger partial charge on any atom is -0.496 e. The van der Waals surface area contributed by atoms with Gasteiger partial charge in [-0.2, -0.15) is 0 Å². The number of hydroxylamine groups is 1. The van der Waals surface area contributed by atoms with Crippen LogP contribution >= 0.6 is 15.9 Å². The standard InChI is InChI=1S/C10H16BrNO2/c1-7(11)10(13-2)8-5-4-6-9(8)12-14-3/h12H,4-6H2,1-3H3/b10-7-. The first kappa shape index (κ1) is 11.6. The summed E-state index contributed by atoms with van der Waals surface area (Å²) in [6.07, 6.45) is 3.21. The second kappa shape index (κ2) is 5.41. The van der Waals surface area contributed by atoms with Gasteiger partial charge in [-0.3, -0.25) is 10.3 Å². The van der Waals surface area contributed by atoms with E-state index in [1.165, 1.54) is 5.57 Å². The first-order valence-corrected chi connectivity index (χ1v) is 5.41. The van der Waals surface area contributed by atoms with Gasteiger partial charge in [0.1, 0.15) is 5.76 Å².